The molecule has 0 atom stereocenters. The van der Waals surface area contributed by atoms with E-state index in [1.54, 1.807) is 23.2 Å². The highest BCUT2D eigenvalue weighted by Crippen LogP contribution is 2.28. The minimum Gasteiger partial charge on any atom is -0.474 e. The monoisotopic (exact) mass is 399 g/mol. The van der Waals surface area contributed by atoms with E-state index >= 15 is 0 Å². The van der Waals surface area contributed by atoms with E-state index in [9.17, 15) is 4.79 Å². The highest BCUT2D eigenvalue weighted by Gasteiger charge is 2.26. The first-order valence-electron chi connectivity index (χ1n) is 9.89. The molecule has 1 saturated heterocycles. The number of pyridine rings is 1. The van der Waals surface area contributed by atoms with Crippen LogP contribution in [0.3, 0.4) is 0 Å². The Morgan fingerprint density at radius 3 is 2.59 bits per heavy atom. The predicted octanol–water partition coefficient (Wildman–Crippen LogP) is 2.72. The van der Waals surface area contributed by atoms with E-state index < -0.39 is 0 Å². The molecule has 2 aromatic rings. The van der Waals surface area contributed by atoms with Gasteiger partial charge in [0.2, 0.25) is 5.88 Å². The molecule has 0 unspecified atom stereocenters. The SMILES string of the molecule is CC(C)Oc1nccc(N)c1C(=N)c1cc(C(=O)N2CCOCC2)n(C(C)C)c1. The van der Waals surface area contributed by atoms with Crippen molar-refractivity contribution in [1.29, 1.82) is 5.41 Å². The molecule has 0 aliphatic carbocycles. The van der Waals surface area contributed by atoms with Crippen LogP contribution in [0.2, 0.25) is 0 Å². The Labute approximate surface area is 171 Å². The van der Waals surface area contributed by atoms with Crippen molar-refractivity contribution in [3.05, 3.63) is 41.3 Å². The molecule has 1 aliphatic heterocycles. The summed E-state index contributed by atoms with van der Waals surface area (Å²) in [4.78, 5) is 19.1. The first kappa shape index (κ1) is 20.9. The van der Waals surface area contributed by atoms with E-state index in [0.717, 1.165) is 0 Å². The van der Waals surface area contributed by atoms with Gasteiger partial charge >= 0.3 is 0 Å². The Bertz CT molecular complexity index is 898. The first-order valence-corrected chi connectivity index (χ1v) is 9.89. The van der Waals surface area contributed by atoms with Crippen molar-refractivity contribution in [3.63, 3.8) is 0 Å². The van der Waals surface area contributed by atoms with Crippen molar-refractivity contribution in [2.75, 3.05) is 32.0 Å². The summed E-state index contributed by atoms with van der Waals surface area (Å²) in [6.45, 7) is 10.0. The van der Waals surface area contributed by atoms with Crippen molar-refractivity contribution in [3.8, 4) is 5.88 Å². The van der Waals surface area contributed by atoms with Gasteiger partial charge in [0.1, 0.15) is 5.69 Å². The molecule has 1 amide bonds. The maximum atomic E-state index is 13.1. The van der Waals surface area contributed by atoms with Crippen LogP contribution in [0.4, 0.5) is 5.69 Å². The van der Waals surface area contributed by atoms with Crippen molar-refractivity contribution in [2.45, 2.75) is 39.8 Å². The molecular weight excluding hydrogens is 370 g/mol. The van der Waals surface area contributed by atoms with Crippen molar-refractivity contribution < 1.29 is 14.3 Å². The smallest absolute Gasteiger partial charge is 0.270 e. The van der Waals surface area contributed by atoms with Crippen LogP contribution in [-0.4, -0.2) is 58.5 Å². The summed E-state index contributed by atoms with van der Waals surface area (Å²) in [5.41, 5.74) is 8.35. The van der Waals surface area contributed by atoms with E-state index in [0.29, 0.717) is 54.7 Å². The van der Waals surface area contributed by atoms with Crippen LogP contribution in [0.25, 0.3) is 0 Å². The van der Waals surface area contributed by atoms with Crippen LogP contribution >= 0.6 is 0 Å². The fourth-order valence-corrected chi connectivity index (χ4v) is 3.31. The maximum Gasteiger partial charge on any atom is 0.270 e. The molecule has 0 saturated carbocycles. The average molecular weight is 399 g/mol. The number of amides is 1. The number of aromatic nitrogens is 2. The van der Waals surface area contributed by atoms with Crippen LogP contribution in [0.1, 0.15) is 55.4 Å². The number of carbonyl (C=O) groups is 1. The number of hydrogen-bond acceptors (Lipinski definition) is 6. The number of morpholine rings is 1. The number of rotatable bonds is 6. The predicted molar refractivity (Wildman–Crippen MR) is 112 cm³/mol. The summed E-state index contributed by atoms with van der Waals surface area (Å²) in [5.74, 6) is 0.266. The number of ether oxygens (including phenoxy) is 2. The van der Waals surface area contributed by atoms with E-state index in [-0.39, 0.29) is 23.8 Å². The molecule has 29 heavy (non-hydrogen) atoms. The van der Waals surface area contributed by atoms with Crippen LogP contribution in [-0.2, 0) is 4.74 Å². The molecule has 3 N–H and O–H groups in total. The third-order valence-corrected chi connectivity index (χ3v) is 4.76. The lowest BCUT2D eigenvalue weighted by Crippen LogP contribution is -2.41. The number of carbonyl (C=O) groups excluding carboxylic acids is 1. The normalized spacial score (nSPS) is 14.5. The molecule has 3 rings (SSSR count). The van der Waals surface area contributed by atoms with Gasteiger partial charge in [-0.15, -0.1) is 0 Å². The zero-order valence-corrected chi connectivity index (χ0v) is 17.4. The number of anilines is 1. The Balaban J connectivity index is 2.00. The average Bonchev–Trinajstić information content (AvgIpc) is 3.13. The molecule has 2 aromatic heterocycles. The van der Waals surface area contributed by atoms with E-state index in [4.69, 9.17) is 20.6 Å². The van der Waals surface area contributed by atoms with Crippen LogP contribution in [0.15, 0.2) is 24.5 Å². The van der Waals surface area contributed by atoms with Gasteiger partial charge < -0.3 is 24.7 Å². The Morgan fingerprint density at radius 2 is 1.97 bits per heavy atom. The van der Waals surface area contributed by atoms with Crippen LogP contribution < -0.4 is 10.5 Å². The third-order valence-electron chi connectivity index (χ3n) is 4.76. The first-order chi connectivity index (χ1) is 13.8. The van der Waals surface area contributed by atoms with Gasteiger partial charge in [-0.2, -0.15) is 0 Å². The zero-order chi connectivity index (χ0) is 21.1. The molecule has 1 aliphatic rings. The van der Waals surface area contributed by atoms with Gasteiger partial charge in [0.25, 0.3) is 5.91 Å². The van der Waals surface area contributed by atoms with Crippen LogP contribution in [0, 0.1) is 5.41 Å². The fourth-order valence-electron chi connectivity index (χ4n) is 3.31. The molecule has 156 valence electrons. The summed E-state index contributed by atoms with van der Waals surface area (Å²) in [5, 5.41) is 8.77. The van der Waals surface area contributed by atoms with Crippen molar-refractivity contribution in [2.24, 2.45) is 0 Å². The number of nitrogen functional groups attached to an aromatic ring is 1. The molecule has 0 bridgehead atoms. The molecule has 0 radical (unpaired) electrons. The van der Waals surface area contributed by atoms with Gasteiger partial charge in [-0.25, -0.2) is 4.98 Å². The van der Waals surface area contributed by atoms with Gasteiger partial charge in [-0.3, -0.25) is 10.2 Å². The molecule has 1 fully saturated rings. The lowest BCUT2D eigenvalue weighted by atomic mass is 10.0. The quantitative estimate of drug-likeness (QED) is 0.727. The summed E-state index contributed by atoms with van der Waals surface area (Å²) in [7, 11) is 0. The standard InChI is InChI=1S/C21H29N5O3/c1-13(2)26-12-15(11-17(26)21(27)25-7-9-28-10-8-25)19(23)18-16(22)5-6-24-20(18)29-14(3)4/h5-6,11-14,23H,7-10H2,1-4H3,(H2,22,24). The van der Waals surface area contributed by atoms with Gasteiger partial charge in [0.05, 0.1) is 30.6 Å². The molecule has 0 spiro atoms. The van der Waals surface area contributed by atoms with Gasteiger partial charge in [-0.05, 0) is 39.8 Å². The van der Waals surface area contributed by atoms with E-state index in [2.05, 4.69) is 4.98 Å². The lowest BCUT2D eigenvalue weighted by molar-refractivity contribution is 0.0295. The second kappa shape index (κ2) is 8.65. The Hall–Kier alpha value is -2.87. The Kier molecular flexibility index (Phi) is 6.22. The molecule has 8 heteroatoms. The number of nitrogens with two attached hydrogens (primary N) is 1. The number of nitrogens with zero attached hydrogens (tertiary/aromatic N) is 3. The second-order valence-corrected chi connectivity index (χ2v) is 7.64. The minimum atomic E-state index is -0.102. The zero-order valence-electron chi connectivity index (χ0n) is 17.4. The topological polar surface area (TPSA) is 106 Å². The summed E-state index contributed by atoms with van der Waals surface area (Å²) in [6.07, 6.45) is 3.29. The Morgan fingerprint density at radius 1 is 1.28 bits per heavy atom. The largest absolute Gasteiger partial charge is 0.474 e. The molecule has 0 aromatic carbocycles. The van der Waals surface area contributed by atoms with E-state index in [1.807, 2.05) is 38.5 Å². The van der Waals surface area contributed by atoms with Crippen molar-refractivity contribution >= 4 is 17.3 Å². The molecule has 3 heterocycles. The molecular formula is C21H29N5O3. The highest BCUT2D eigenvalue weighted by atomic mass is 16.5. The second-order valence-electron chi connectivity index (χ2n) is 7.64. The lowest BCUT2D eigenvalue weighted by Gasteiger charge is -2.27. The van der Waals surface area contributed by atoms with Gasteiger partial charge in [0, 0.05) is 42.8 Å². The third kappa shape index (κ3) is 4.42. The highest BCUT2D eigenvalue weighted by molar-refractivity contribution is 6.16. The van der Waals surface area contributed by atoms with Gasteiger partial charge in [0.15, 0.2) is 0 Å². The fraction of sp³-hybridized carbons (Fsp3) is 0.476. The molecule has 8 nitrogen and oxygen atoms in total. The van der Waals surface area contributed by atoms with E-state index in [1.165, 1.54) is 0 Å². The van der Waals surface area contributed by atoms with Crippen molar-refractivity contribution in [1.82, 2.24) is 14.5 Å². The summed E-state index contributed by atoms with van der Waals surface area (Å²) in [6, 6.07) is 3.47. The van der Waals surface area contributed by atoms with Crippen LogP contribution in [0.5, 0.6) is 5.88 Å². The number of nitrogens with one attached hydrogen (secondary N) is 1. The minimum absolute atomic E-state index is 0.0566. The van der Waals surface area contributed by atoms with Gasteiger partial charge in [-0.1, -0.05) is 0 Å². The maximum absolute atomic E-state index is 13.1. The summed E-state index contributed by atoms with van der Waals surface area (Å²) >= 11 is 0. The summed E-state index contributed by atoms with van der Waals surface area (Å²) < 4.78 is 13.0. The number of hydrogen-bond donors (Lipinski definition) is 2.